The summed E-state index contributed by atoms with van der Waals surface area (Å²) in [4.78, 5) is 32.7. The second-order valence-corrected chi connectivity index (χ2v) is 16.4. The molecule has 4 aromatic rings. The second kappa shape index (κ2) is 16.2. The maximum absolute atomic E-state index is 12.9. The van der Waals surface area contributed by atoms with Crippen molar-refractivity contribution >= 4 is 36.9 Å². The predicted octanol–water partition coefficient (Wildman–Crippen LogP) is 2.35. The number of carbonyl (C=O) groups excluding carboxylic acids is 1. The van der Waals surface area contributed by atoms with Gasteiger partial charge >= 0.3 is 0 Å². The lowest BCUT2D eigenvalue weighted by Gasteiger charge is -2.27. The van der Waals surface area contributed by atoms with Crippen molar-refractivity contribution in [1.82, 2.24) is 5.32 Å². The predicted molar refractivity (Wildman–Crippen MR) is 179 cm³/mol. The lowest BCUT2D eigenvalue weighted by molar-refractivity contribution is -0.765. The number of aliphatic hydroxyl groups is 2. The number of unbranched alkanes of at least 4 members (excludes halogenated alkanes) is 3. The zero-order chi connectivity index (χ0) is 33.3. The zero-order valence-corrected chi connectivity index (χ0v) is 27.7. The van der Waals surface area contributed by atoms with Crippen LogP contribution in [0.15, 0.2) is 116 Å². The first-order valence-corrected chi connectivity index (χ1v) is 19.2. The van der Waals surface area contributed by atoms with Crippen molar-refractivity contribution in [2.24, 2.45) is 0 Å². The fourth-order valence-electron chi connectivity index (χ4n) is 6.08. The minimum atomic E-state index is -5.02. The molecule has 1 aromatic heterocycles. The maximum Gasteiger partial charge on any atom is 0.292 e. The third-order valence-corrected chi connectivity index (χ3v) is 13.4. The molecule has 0 saturated carbocycles. The molecular formula is C35H41N2O8P2+. The number of ether oxygens (including phenoxy) is 1. The SMILES string of the molecule is O=C(NCCCCCC[P+](c1ccccc1)(c1ccccc1)c1ccccc1)c1ccc[n+]([C@@H]2O[C@H](COP(=O)([O-])O)[C@@H](O)[C@H]2O)c1. The Balaban J connectivity index is 1.15. The Morgan fingerprint density at radius 1 is 0.830 bits per heavy atom. The highest BCUT2D eigenvalue weighted by molar-refractivity contribution is 7.95. The van der Waals surface area contributed by atoms with E-state index in [-0.39, 0.29) is 5.91 Å². The summed E-state index contributed by atoms with van der Waals surface area (Å²) in [6, 6.07) is 35.7. The van der Waals surface area contributed by atoms with E-state index in [4.69, 9.17) is 9.63 Å². The number of phosphoric ester groups is 1. The third kappa shape index (κ3) is 8.79. The minimum absolute atomic E-state index is 0.290. The van der Waals surface area contributed by atoms with Gasteiger partial charge in [0.25, 0.3) is 20.0 Å². The van der Waals surface area contributed by atoms with Gasteiger partial charge in [0, 0.05) is 12.6 Å². The van der Waals surface area contributed by atoms with Crippen molar-refractivity contribution in [1.29, 1.82) is 0 Å². The number of carbonyl (C=O) groups is 1. The van der Waals surface area contributed by atoms with Crippen molar-refractivity contribution in [2.45, 2.75) is 50.2 Å². The molecule has 0 aliphatic carbocycles. The number of pyridine rings is 1. The Bertz CT molecular complexity index is 1530. The van der Waals surface area contributed by atoms with Crippen molar-refractivity contribution in [3.8, 4) is 0 Å². The molecule has 2 heterocycles. The molecule has 5 atom stereocenters. The summed E-state index contributed by atoms with van der Waals surface area (Å²) in [5.41, 5.74) is 0.333. The highest BCUT2D eigenvalue weighted by Gasteiger charge is 2.49. The number of hydrogen-bond acceptors (Lipinski definition) is 7. The van der Waals surface area contributed by atoms with E-state index in [1.807, 2.05) is 0 Å². The van der Waals surface area contributed by atoms with Crippen molar-refractivity contribution in [3.05, 3.63) is 121 Å². The van der Waals surface area contributed by atoms with Crippen LogP contribution < -0.4 is 30.7 Å². The lowest BCUT2D eigenvalue weighted by atomic mass is 10.1. The average Bonchev–Trinajstić information content (AvgIpc) is 3.38. The molecule has 3 aromatic carbocycles. The van der Waals surface area contributed by atoms with Crippen molar-refractivity contribution in [3.63, 3.8) is 0 Å². The molecule has 1 fully saturated rings. The number of hydrogen-bond donors (Lipinski definition) is 4. The topological polar surface area (TPSA) is 152 Å². The Morgan fingerprint density at radius 2 is 1.38 bits per heavy atom. The first-order valence-electron chi connectivity index (χ1n) is 15.7. The van der Waals surface area contributed by atoms with Crippen LogP contribution in [0.3, 0.4) is 0 Å². The number of aliphatic hydroxyl groups excluding tert-OH is 2. The molecule has 1 saturated heterocycles. The number of nitrogens with zero attached hydrogens (tertiary/aromatic N) is 1. The molecular weight excluding hydrogens is 638 g/mol. The number of nitrogens with one attached hydrogen (secondary N) is 1. The number of benzene rings is 3. The van der Waals surface area contributed by atoms with Crippen molar-refractivity contribution < 1.29 is 43.2 Å². The van der Waals surface area contributed by atoms with E-state index in [0.717, 1.165) is 31.8 Å². The Morgan fingerprint density at radius 3 is 1.94 bits per heavy atom. The molecule has 1 amide bonds. The number of aromatic nitrogens is 1. The van der Waals surface area contributed by atoms with E-state index >= 15 is 0 Å². The summed E-state index contributed by atoms with van der Waals surface area (Å²) < 4.78 is 22.3. The number of phosphoric acid groups is 1. The number of amides is 1. The lowest BCUT2D eigenvalue weighted by Crippen LogP contribution is -2.46. The van der Waals surface area contributed by atoms with E-state index in [0.29, 0.717) is 12.1 Å². The van der Waals surface area contributed by atoms with Crippen molar-refractivity contribution in [2.75, 3.05) is 19.3 Å². The zero-order valence-electron chi connectivity index (χ0n) is 26.0. The van der Waals surface area contributed by atoms with E-state index < -0.39 is 46.2 Å². The van der Waals surface area contributed by atoms with E-state index in [9.17, 15) is 24.5 Å². The normalized spacial score (nSPS) is 20.9. The first kappa shape index (κ1) is 35.0. The molecule has 0 spiro atoms. The Kier molecular flexibility index (Phi) is 12.1. The summed E-state index contributed by atoms with van der Waals surface area (Å²) in [5, 5.41) is 27.8. The summed E-state index contributed by atoms with van der Waals surface area (Å²) in [7, 11) is -6.89. The molecule has 1 aliphatic heterocycles. The van der Waals surface area contributed by atoms with Gasteiger partial charge in [0.15, 0.2) is 18.5 Å². The summed E-state index contributed by atoms with van der Waals surface area (Å²) in [6.07, 6.45) is 2.79. The molecule has 5 rings (SSSR count). The molecule has 0 bridgehead atoms. The fourth-order valence-corrected chi connectivity index (χ4v) is 10.8. The summed E-state index contributed by atoms with van der Waals surface area (Å²) in [6.45, 7) is -0.165. The quantitative estimate of drug-likeness (QED) is 0.0850. The van der Waals surface area contributed by atoms with Crippen LogP contribution in [0.2, 0.25) is 0 Å². The highest BCUT2D eigenvalue weighted by atomic mass is 31.2. The molecule has 1 aliphatic rings. The van der Waals surface area contributed by atoms with Crippen LogP contribution in [-0.4, -0.2) is 58.6 Å². The number of rotatable bonds is 15. The van der Waals surface area contributed by atoms with Crippen LogP contribution in [0.25, 0.3) is 0 Å². The van der Waals surface area contributed by atoms with Gasteiger partial charge < -0.3 is 34.6 Å². The monoisotopic (exact) mass is 679 g/mol. The van der Waals surface area contributed by atoms with Crippen LogP contribution >= 0.6 is 15.1 Å². The van der Waals surface area contributed by atoms with Gasteiger partial charge in [-0.05, 0) is 61.7 Å². The highest BCUT2D eigenvalue weighted by Crippen LogP contribution is 2.56. The van der Waals surface area contributed by atoms with Gasteiger partial charge in [0.05, 0.1) is 12.8 Å². The van der Waals surface area contributed by atoms with Crippen LogP contribution in [0.1, 0.15) is 42.3 Å². The van der Waals surface area contributed by atoms with Gasteiger partial charge in [-0.3, -0.25) is 9.36 Å². The van der Waals surface area contributed by atoms with Gasteiger partial charge in [-0.15, -0.1) is 0 Å². The van der Waals surface area contributed by atoms with Crippen LogP contribution in [0.4, 0.5) is 0 Å². The molecule has 0 radical (unpaired) electrons. The van der Waals surface area contributed by atoms with E-state index in [1.54, 1.807) is 18.3 Å². The molecule has 248 valence electrons. The second-order valence-electron chi connectivity index (χ2n) is 11.6. The van der Waals surface area contributed by atoms with Gasteiger partial charge in [0.1, 0.15) is 40.9 Å². The van der Waals surface area contributed by atoms with Crippen LogP contribution in [0.5, 0.6) is 0 Å². The maximum atomic E-state index is 12.9. The smallest absolute Gasteiger partial charge is 0.292 e. The molecule has 10 nitrogen and oxygen atoms in total. The summed E-state index contributed by atoms with van der Waals surface area (Å²) in [5.74, 6) is -0.290. The first-order chi connectivity index (χ1) is 22.7. The van der Waals surface area contributed by atoms with Crippen LogP contribution in [0, 0.1) is 0 Å². The Labute approximate surface area is 275 Å². The molecule has 4 N–H and O–H groups in total. The van der Waals surface area contributed by atoms with Gasteiger partial charge in [0.2, 0.25) is 0 Å². The fraction of sp³-hybridized carbons (Fsp3) is 0.314. The van der Waals surface area contributed by atoms with E-state index in [2.05, 4.69) is 101 Å². The minimum Gasteiger partial charge on any atom is -0.756 e. The van der Waals surface area contributed by atoms with Crippen LogP contribution in [-0.2, 0) is 13.8 Å². The van der Waals surface area contributed by atoms with E-state index in [1.165, 1.54) is 26.7 Å². The molecule has 12 heteroatoms. The average molecular weight is 680 g/mol. The molecule has 1 unspecified atom stereocenters. The largest absolute Gasteiger partial charge is 0.756 e. The summed E-state index contributed by atoms with van der Waals surface area (Å²) >= 11 is 0. The van der Waals surface area contributed by atoms with Gasteiger partial charge in [-0.25, -0.2) is 0 Å². The van der Waals surface area contributed by atoms with Gasteiger partial charge in [-0.1, -0.05) is 61.0 Å². The Hall–Kier alpha value is -3.30. The third-order valence-electron chi connectivity index (χ3n) is 8.41. The standard InChI is InChI=1S/C35H40N2O8P2/c38-32-31(26-44-47(41,42)43)45-35(33(32)39)37-23-14-15-27(25-37)34(40)36-22-12-1-2-13-24-46(28-16-6-3-7-17-28,29-18-8-4-9-19-29)30-20-10-5-11-21-30/h3-11,14-21,23,25,31-33,35,38-39H,1-2,12-13,22,24,26H2,(H-2,36,40,41,42,43)/p+1/t31-,32-,33-,35-/m1/s1. The molecule has 47 heavy (non-hydrogen) atoms. The van der Waals surface area contributed by atoms with Gasteiger partial charge in [-0.2, -0.15) is 4.57 Å².